The molecule has 0 spiro atoms. The minimum absolute atomic E-state index is 0.653. The summed E-state index contributed by atoms with van der Waals surface area (Å²) in [5.74, 6) is 3.82. The van der Waals surface area contributed by atoms with Gasteiger partial charge < -0.3 is 0 Å². The average Bonchev–Trinajstić information content (AvgIpc) is 3.32. The Labute approximate surface area is 201 Å². The average molecular weight is 451 g/mol. The van der Waals surface area contributed by atoms with E-state index in [4.69, 9.17) is 0 Å². The van der Waals surface area contributed by atoms with Gasteiger partial charge in [-0.1, -0.05) is 124 Å². The molecule has 1 heteroatoms. The van der Waals surface area contributed by atoms with Crippen molar-refractivity contribution in [2.75, 3.05) is 11.5 Å². The van der Waals surface area contributed by atoms with Crippen LogP contribution in [0.3, 0.4) is 0 Å². The van der Waals surface area contributed by atoms with E-state index in [9.17, 15) is 0 Å². The maximum Gasteiger partial charge on any atom is -0.00673 e. The highest BCUT2D eigenvalue weighted by Crippen LogP contribution is 2.71. The van der Waals surface area contributed by atoms with E-state index in [0.29, 0.717) is 10.8 Å². The highest BCUT2D eigenvalue weighted by Gasteiger charge is 2.62. The summed E-state index contributed by atoms with van der Waals surface area (Å²) in [6.07, 6.45) is 32.6. The van der Waals surface area contributed by atoms with Crippen LogP contribution in [0.25, 0.3) is 0 Å². The Kier molecular flexibility index (Phi) is 14.3. The van der Waals surface area contributed by atoms with Crippen molar-refractivity contribution in [3.05, 3.63) is 0 Å². The van der Waals surface area contributed by atoms with Gasteiger partial charge >= 0.3 is 0 Å². The van der Waals surface area contributed by atoms with Crippen LogP contribution in [-0.2, 0) is 0 Å². The first-order valence-electron chi connectivity index (χ1n) is 14.7. The van der Waals surface area contributed by atoms with Crippen LogP contribution in [0.15, 0.2) is 0 Å². The molecule has 0 nitrogen and oxygen atoms in total. The highest BCUT2D eigenvalue weighted by atomic mass is 32.2. The Bertz CT molecular complexity index is 432. The van der Waals surface area contributed by atoms with Crippen LogP contribution in [0.2, 0.25) is 0 Å². The van der Waals surface area contributed by atoms with Crippen molar-refractivity contribution in [3.63, 3.8) is 0 Å². The topological polar surface area (TPSA) is 0 Å². The van der Waals surface area contributed by atoms with E-state index in [-0.39, 0.29) is 0 Å². The van der Waals surface area contributed by atoms with E-state index in [1.54, 1.807) is 0 Å². The Balaban J connectivity index is 1.80. The van der Waals surface area contributed by atoms with Crippen molar-refractivity contribution in [1.82, 2.24) is 0 Å². The summed E-state index contributed by atoms with van der Waals surface area (Å²) in [5.41, 5.74) is 1.31. The van der Waals surface area contributed by atoms with Gasteiger partial charge in [0.1, 0.15) is 0 Å². The third kappa shape index (κ3) is 10.4. The first-order chi connectivity index (χ1) is 15.1. The van der Waals surface area contributed by atoms with Crippen LogP contribution < -0.4 is 0 Å². The molecule has 0 aromatic rings. The zero-order valence-electron chi connectivity index (χ0n) is 22.0. The Morgan fingerprint density at radius 1 is 0.645 bits per heavy atom. The van der Waals surface area contributed by atoms with E-state index >= 15 is 0 Å². The zero-order valence-corrected chi connectivity index (χ0v) is 22.8. The molecular formula is C30H58S. The fourth-order valence-corrected chi connectivity index (χ4v) is 7.54. The summed E-state index contributed by atoms with van der Waals surface area (Å²) < 4.78 is 0. The van der Waals surface area contributed by atoms with Crippen LogP contribution in [0.4, 0.5) is 0 Å². The quantitative estimate of drug-likeness (QED) is 0.375. The van der Waals surface area contributed by atoms with Gasteiger partial charge in [0, 0.05) is 0 Å². The zero-order chi connectivity index (χ0) is 22.3. The molecule has 3 atom stereocenters. The number of fused-ring (bicyclic) bond motifs is 1. The van der Waals surface area contributed by atoms with Gasteiger partial charge in [0.15, 0.2) is 0 Å². The lowest BCUT2D eigenvalue weighted by Gasteiger charge is -2.29. The molecule has 3 unspecified atom stereocenters. The van der Waals surface area contributed by atoms with E-state index in [2.05, 4.69) is 32.5 Å². The molecule has 0 N–H and O–H groups in total. The maximum atomic E-state index is 2.68. The van der Waals surface area contributed by atoms with Gasteiger partial charge in [0.05, 0.1) is 0 Å². The standard InChI is InChI=1S/C30H58S/c1-4-5-6-18-22-28-23-19-16-14-12-10-8-7-9-11-13-15-17-20-25-31-26-21-24-29(2)27-30(28,29)3/h28H,4-27H2,1-3H3. The van der Waals surface area contributed by atoms with Crippen LogP contribution in [0.5, 0.6) is 0 Å². The fraction of sp³-hybridized carbons (Fsp3) is 1.00. The molecule has 2 fully saturated rings. The lowest BCUT2D eigenvalue weighted by atomic mass is 9.76. The third-order valence-electron chi connectivity index (χ3n) is 9.18. The van der Waals surface area contributed by atoms with Gasteiger partial charge in [-0.2, -0.15) is 11.8 Å². The summed E-state index contributed by atoms with van der Waals surface area (Å²) in [6.45, 7) is 7.68. The number of hydrogen-bond donors (Lipinski definition) is 0. The van der Waals surface area contributed by atoms with E-state index in [1.807, 2.05) is 0 Å². The lowest BCUT2D eigenvalue weighted by molar-refractivity contribution is 0.210. The molecule has 31 heavy (non-hydrogen) atoms. The van der Waals surface area contributed by atoms with E-state index < -0.39 is 0 Å². The largest absolute Gasteiger partial charge is 0.162 e. The van der Waals surface area contributed by atoms with Crippen molar-refractivity contribution in [2.45, 2.75) is 162 Å². The van der Waals surface area contributed by atoms with Crippen LogP contribution in [0.1, 0.15) is 162 Å². The Morgan fingerprint density at radius 3 is 1.81 bits per heavy atom. The molecule has 1 aliphatic carbocycles. The van der Waals surface area contributed by atoms with Crippen molar-refractivity contribution in [2.24, 2.45) is 16.7 Å². The number of unbranched alkanes of at least 4 members (excludes halogenated alkanes) is 3. The first-order valence-corrected chi connectivity index (χ1v) is 15.9. The van der Waals surface area contributed by atoms with Crippen molar-refractivity contribution in [3.8, 4) is 0 Å². The van der Waals surface area contributed by atoms with Gasteiger partial charge in [-0.05, 0) is 66.8 Å². The number of thioether (sulfide) groups is 1. The summed E-state index contributed by atoms with van der Waals surface area (Å²) in [6, 6.07) is 0. The summed E-state index contributed by atoms with van der Waals surface area (Å²) in [4.78, 5) is 0. The van der Waals surface area contributed by atoms with Crippen LogP contribution in [0, 0.1) is 16.7 Å². The van der Waals surface area contributed by atoms with Gasteiger partial charge in [-0.15, -0.1) is 0 Å². The molecule has 0 radical (unpaired) electrons. The van der Waals surface area contributed by atoms with Crippen LogP contribution >= 0.6 is 11.8 Å². The molecule has 1 saturated carbocycles. The molecule has 2 aliphatic rings. The molecule has 1 aliphatic heterocycles. The van der Waals surface area contributed by atoms with E-state index in [0.717, 1.165) is 5.92 Å². The predicted molar refractivity (Wildman–Crippen MR) is 144 cm³/mol. The van der Waals surface area contributed by atoms with Crippen molar-refractivity contribution >= 4 is 11.8 Å². The number of hydrogen-bond acceptors (Lipinski definition) is 1. The minimum atomic E-state index is 0.653. The Hall–Kier alpha value is 0.350. The Morgan fingerprint density at radius 2 is 1.19 bits per heavy atom. The first kappa shape index (κ1) is 27.6. The van der Waals surface area contributed by atoms with Gasteiger partial charge in [0.2, 0.25) is 0 Å². The lowest BCUT2D eigenvalue weighted by Crippen LogP contribution is -2.20. The third-order valence-corrected chi connectivity index (χ3v) is 10.3. The summed E-state index contributed by atoms with van der Waals surface area (Å²) in [7, 11) is 0. The fourth-order valence-electron chi connectivity index (χ4n) is 6.58. The summed E-state index contributed by atoms with van der Waals surface area (Å²) >= 11 is 2.25. The van der Waals surface area contributed by atoms with Crippen LogP contribution in [-0.4, -0.2) is 11.5 Å². The molecule has 0 amide bonds. The molecule has 2 rings (SSSR count). The molecule has 0 aromatic carbocycles. The summed E-state index contributed by atoms with van der Waals surface area (Å²) in [5, 5.41) is 0. The van der Waals surface area contributed by atoms with Crippen molar-refractivity contribution < 1.29 is 0 Å². The predicted octanol–water partition coefficient (Wildman–Crippen LogP) is 11.0. The van der Waals surface area contributed by atoms with Crippen molar-refractivity contribution in [1.29, 1.82) is 0 Å². The second-order valence-electron chi connectivity index (χ2n) is 11.8. The normalized spacial score (nSPS) is 33.6. The molecular weight excluding hydrogens is 392 g/mol. The molecule has 0 aromatic heterocycles. The SMILES string of the molecule is CCCCCCC1CCCCCCCCCCCCCCCSCCCC2(C)CC12C. The van der Waals surface area contributed by atoms with Gasteiger partial charge in [-0.25, -0.2) is 0 Å². The molecule has 0 bridgehead atoms. The molecule has 1 saturated heterocycles. The molecule has 184 valence electrons. The highest BCUT2D eigenvalue weighted by molar-refractivity contribution is 7.99. The second kappa shape index (κ2) is 16.1. The van der Waals surface area contributed by atoms with E-state index in [1.165, 1.54) is 153 Å². The van der Waals surface area contributed by atoms with Gasteiger partial charge in [-0.3, -0.25) is 0 Å². The number of rotatable bonds is 5. The minimum Gasteiger partial charge on any atom is -0.162 e. The second-order valence-corrected chi connectivity index (χ2v) is 13.0. The monoisotopic (exact) mass is 450 g/mol. The van der Waals surface area contributed by atoms with Gasteiger partial charge in [0.25, 0.3) is 0 Å². The molecule has 1 heterocycles. The smallest absolute Gasteiger partial charge is 0.00673 e. The maximum absolute atomic E-state index is 2.68.